The lowest BCUT2D eigenvalue weighted by molar-refractivity contribution is 0.238. The highest BCUT2D eigenvalue weighted by Crippen LogP contribution is 2.38. The fourth-order valence-corrected chi connectivity index (χ4v) is 2.71. The number of ether oxygens (including phenoxy) is 2. The molecule has 2 heterocycles. The van der Waals surface area contributed by atoms with E-state index in [4.69, 9.17) is 9.47 Å². The van der Waals surface area contributed by atoms with Gasteiger partial charge in [0, 0.05) is 12.8 Å². The molecule has 0 aromatic heterocycles. The highest BCUT2D eigenvalue weighted by Gasteiger charge is 2.25. The van der Waals surface area contributed by atoms with Gasteiger partial charge >= 0.3 is 0 Å². The molecule has 0 spiro atoms. The molecular formula is C16H13O2. The molecule has 0 aliphatic carbocycles. The van der Waals surface area contributed by atoms with Gasteiger partial charge in [0.05, 0.1) is 6.61 Å². The molecular weight excluding hydrogens is 224 g/mol. The lowest BCUT2D eigenvalue weighted by atomic mass is 10.0. The molecule has 2 aliphatic rings. The molecule has 1 atom stereocenters. The van der Waals surface area contributed by atoms with Crippen molar-refractivity contribution in [3.8, 4) is 11.5 Å². The molecule has 1 unspecified atom stereocenters. The van der Waals surface area contributed by atoms with Crippen LogP contribution in [0.4, 0.5) is 0 Å². The summed E-state index contributed by atoms with van der Waals surface area (Å²) in [5.41, 5.74) is 3.82. The Hall–Kier alpha value is -1.96. The third kappa shape index (κ3) is 1.49. The Labute approximate surface area is 106 Å². The molecule has 89 valence electrons. The molecule has 2 aliphatic heterocycles. The number of benzene rings is 2. The second-order valence-electron chi connectivity index (χ2n) is 4.81. The standard InChI is InChI=1S/C16H13O2/c1-2-4-15-11(3-1)10-16(18-15)12-5-6-14-13(9-12)7-8-17-14/h1,3-6,9,16H,7-8,10H2. The van der Waals surface area contributed by atoms with Crippen molar-refractivity contribution in [1.29, 1.82) is 0 Å². The zero-order valence-electron chi connectivity index (χ0n) is 9.98. The van der Waals surface area contributed by atoms with E-state index in [1.165, 1.54) is 16.7 Å². The molecule has 18 heavy (non-hydrogen) atoms. The number of hydrogen-bond donors (Lipinski definition) is 0. The van der Waals surface area contributed by atoms with Crippen molar-refractivity contribution in [2.24, 2.45) is 0 Å². The SMILES string of the molecule is [c]1ccc2c(c1)OC(c1ccc3c(c1)CCO3)C2. The van der Waals surface area contributed by atoms with Crippen LogP contribution in [-0.4, -0.2) is 6.61 Å². The number of fused-ring (bicyclic) bond motifs is 2. The Morgan fingerprint density at radius 2 is 2.11 bits per heavy atom. The maximum atomic E-state index is 5.98. The Balaban J connectivity index is 1.66. The van der Waals surface area contributed by atoms with Gasteiger partial charge in [-0.2, -0.15) is 0 Å². The fourth-order valence-electron chi connectivity index (χ4n) is 2.71. The summed E-state index contributed by atoms with van der Waals surface area (Å²) in [4.78, 5) is 0. The van der Waals surface area contributed by atoms with E-state index in [0.29, 0.717) is 0 Å². The van der Waals surface area contributed by atoms with Gasteiger partial charge in [0.2, 0.25) is 0 Å². The predicted molar refractivity (Wildman–Crippen MR) is 68.0 cm³/mol. The van der Waals surface area contributed by atoms with Crippen molar-refractivity contribution in [2.75, 3.05) is 6.61 Å². The normalized spacial score (nSPS) is 19.9. The smallest absolute Gasteiger partial charge is 0.128 e. The van der Waals surface area contributed by atoms with Crippen LogP contribution in [0.25, 0.3) is 0 Å². The van der Waals surface area contributed by atoms with Gasteiger partial charge in [-0.3, -0.25) is 0 Å². The van der Waals surface area contributed by atoms with Crippen molar-refractivity contribution >= 4 is 0 Å². The topological polar surface area (TPSA) is 18.5 Å². The van der Waals surface area contributed by atoms with Crippen LogP contribution in [0.3, 0.4) is 0 Å². The largest absolute Gasteiger partial charge is 0.493 e. The van der Waals surface area contributed by atoms with Crippen LogP contribution in [-0.2, 0) is 12.8 Å². The third-order valence-electron chi connectivity index (χ3n) is 3.67. The van der Waals surface area contributed by atoms with Gasteiger partial charge in [-0.05, 0) is 41.0 Å². The van der Waals surface area contributed by atoms with Crippen LogP contribution in [0, 0.1) is 6.07 Å². The monoisotopic (exact) mass is 237 g/mol. The van der Waals surface area contributed by atoms with E-state index in [1.54, 1.807) is 0 Å². The quantitative estimate of drug-likeness (QED) is 0.758. The van der Waals surface area contributed by atoms with E-state index in [0.717, 1.165) is 30.9 Å². The van der Waals surface area contributed by atoms with Crippen molar-refractivity contribution in [2.45, 2.75) is 18.9 Å². The van der Waals surface area contributed by atoms with Crippen molar-refractivity contribution in [1.82, 2.24) is 0 Å². The number of hydrogen-bond acceptors (Lipinski definition) is 2. The Morgan fingerprint density at radius 1 is 1.11 bits per heavy atom. The first-order chi connectivity index (χ1) is 8.90. The summed E-state index contributed by atoms with van der Waals surface area (Å²) in [6.07, 6.45) is 2.10. The molecule has 0 fully saturated rings. The minimum Gasteiger partial charge on any atom is -0.493 e. The van der Waals surface area contributed by atoms with Crippen LogP contribution in [0.2, 0.25) is 0 Å². The summed E-state index contributed by atoms with van der Waals surface area (Å²) in [6.45, 7) is 0.805. The average Bonchev–Trinajstić information content (AvgIpc) is 3.04. The van der Waals surface area contributed by atoms with Gasteiger partial charge in [-0.25, -0.2) is 0 Å². The van der Waals surface area contributed by atoms with E-state index < -0.39 is 0 Å². The van der Waals surface area contributed by atoms with Gasteiger partial charge in [-0.1, -0.05) is 18.2 Å². The zero-order valence-corrected chi connectivity index (χ0v) is 9.98. The molecule has 2 aromatic rings. The molecule has 0 bridgehead atoms. The molecule has 4 rings (SSSR count). The average molecular weight is 237 g/mol. The Kier molecular flexibility index (Phi) is 2.10. The van der Waals surface area contributed by atoms with E-state index in [1.807, 2.05) is 12.1 Å². The highest BCUT2D eigenvalue weighted by molar-refractivity contribution is 5.44. The van der Waals surface area contributed by atoms with E-state index in [-0.39, 0.29) is 6.10 Å². The minimum absolute atomic E-state index is 0.140. The molecule has 2 heteroatoms. The van der Waals surface area contributed by atoms with Gasteiger partial charge < -0.3 is 9.47 Å². The summed E-state index contributed by atoms with van der Waals surface area (Å²) in [7, 11) is 0. The maximum absolute atomic E-state index is 5.98. The lowest BCUT2D eigenvalue weighted by Gasteiger charge is -2.12. The van der Waals surface area contributed by atoms with Crippen LogP contribution in [0.15, 0.2) is 36.4 Å². The predicted octanol–water partition coefficient (Wildman–Crippen LogP) is 3.10. The first kappa shape index (κ1) is 10.0. The lowest BCUT2D eigenvalue weighted by Crippen LogP contribution is -2.03. The Morgan fingerprint density at radius 3 is 3.06 bits per heavy atom. The molecule has 2 aromatic carbocycles. The maximum Gasteiger partial charge on any atom is 0.128 e. The first-order valence-corrected chi connectivity index (χ1v) is 6.31. The van der Waals surface area contributed by atoms with E-state index in [9.17, 15) is 0 Å². The van der Waals surface area contributed by atoms with Crippen LogP contribution >= 0.6 is 0 Å². The van der Waals surface area contributed by atoms with Crippen LogP contribution in [0.1, 0.15) is 22.8 Å². The van der Waals surface area contributed by atoms with E-state index in [2.05, 4.69) is 30.3 Å². The summed E-state index contributed by atoms with van der Waals surface area (Å²) >= 11 is 0. The number of rotatable bonds is 1. The van der Waals surface area contributed by atoms with Crippen LogP contribution < -0.4 is 9.47 Å². The van der Waals surface area contributed by atoms with Crippen molar-refractivity contribution in [3.05, 3.63) is 59.2 Å². The Bertz CT molecular complexity index is 579. The van der Waals surface area contributed by atoms with Crippen molar-refractivity contribution in [3.63, 3.8) is 0 Å². The molecule has 1 radical (unpaired) electrons. The molecule has 0 saturated carbocycles. The summed E-state index contributed by atoms with van der Waals surface area (Å²) < 4.78 is 11.5. The molecule has 0 amide bonds. The zero-order chi connectivity index (χ0) is 11.9. The molecule has 0 N–H and O–H groups in total. The highest BCUT2D eigenvalue weighted by atomic mass is 16.5. The minimum atomic E-state index is 0.140. The molecule has 2 nitrogen and oxygen atoms in total. The van der Waals surface area contributed by atoms with E-state index >= 15 is 0 Å². The summed E-state index contributed by atoms with van der Waals surface area (Å²) in [5, 5.41) is 0. The molecule has 0 saturated heterocycles. The van der Waals surface area contributed by atoms with Gasteiger partial charge in [0.15, 0.2) is 0 Å². The van der Waals surface area contributed by atoms with Gasteiger partial charge in [0.25, 0.3) is 0 Å². The van der Waals surface area contributed by atoms with Crippen LogP contribution in [0.5, 0.6) is 11.5 Å². The summed E-state index contributed by atoms with van der Waals surface area (Å²) in [6, 6.07) is 15.4. The fraction of sp³-hybridized carbons (Fsp3) is 0.250. The summed E-state index contributed by atoms with van der Waals surface area (Å²) in [5.74, 6) is 2.00. The third-order valence-corrected chi connectivity index (χ3v) is 3.67. The van der Waals surface area contributed by atoms with Gasteiger partial charge in [-0.15, -0.1) is 0 Å². The second-order valence-corrected chi connectivity index (χ2v) is 4.81. The second kappa shape index (κ2) is 3.77. The van der Waals surface area contributed by atoms with Gasteiger partial charge in [0.1, 0.15) is 17.6 Å². The first-order valence-electron chi connectivity index (χ1n) is 6.31. The van der Waals surface area contributed by atoms with Crippen molar-refractivity contribution < 1.29 is 9.47 Å².